The quantitative estimate of drug-likeness (QED) is 0.852. The van der Waals surface area contributed by atoms with Gasteiger partial charge in [0.05, 0.1) is 4.90 Å². The molecule has 2 heterocycles. The van der Waals surface area contributed by atoms with Crippen molar-refractivity contribution >= 4 is 9.84 Å². The number of fused-ring (bicyclic) bond motifs is 2. The summed E-state index contributed by atoms with van der Waals surface area (Å²) >= 11 is 0. The van der Waals surface area contributed by atoms with Crippen molar-refractivity contribution in [3.63, 3.8) is 0 Å². The van der Waals surface area contributed by atoms with Crippen LogP contribution in [0.3, 0.4) is 0 Å². The van der Waals surface area contributed by atoms with E-state index in [1.54, 1.807) is 6.07 Å². The highest BCUT2D eigenvalue weighted by Crippen LogP contribution is 2.32. The average Bonchev–Trinajstić information content (AvgIpc) is 2.69. The zero-order chi connectivity index (χ0) is 15.9. The van der Waals surface area contributed by atoms with Crippen molar-refractivity contribution in [2.75, 3.05) is 19.3 Å². The molecule has 0 saturated carbocycles. The molecule has 0 radical (unpaired) electrons. The van der Waals surface area contributed by atoms with Crippen LogP contribution in [0.4, 0.5) is 0 Å². The minimum absolute atomic E-state index is 0.429. The fourth-order valence-electron chi connectivity index (χ4n) is 3.79. The summed E-state index contributed by atoms with van der Waals surface area (Å²) in [4.78, 5) is 5.59. The Hall–Kier alpha value is -0.910. The van der Waals surface area contributed by atoms with E-state index < -0.39 is 9.84 Å². The predicted octanol–water partition coefficient (Wildman–Crippen LogP) is 2.15. The first-order valence-corrected chi connectivity index (χ1v) is 10.0. The third-order valence-corrected chi connectivity index (χ3v) is 6.19. The Labute approximate surface area is 134 Å². The minimum Gasteiger partial charge on any atom is -0.298 e. The first-order chi connectivity index (χ1) is 10.3. The van der Waals surface area contributed by atoms with E-state index in [2.05, 4.69) is 23.6 Å². The highest BCUT2D eigenvalue weighted by atomic mass is 32.2. The zero-order valence-corrected chi connectivity index (χ0v) is 14.5. The SMILES string of the molecule is CC(C)N1CC2CCC(C1)N2Cc1cccc(S(C)(=O)=O)c1. The minimum atomic E-state index is -3.12. The maximum absolute atomic E-state index is 11.7. The number of sulfone groups is 1. The van der Waals surface area contributed by atoms with Crippen LogP contribution in [0.2, 0.25) is 0 Å². The van der Waals surface area contributed by atoms with Crippen molar-refractivity contribution in [1.29, 1.82) is 0 Å². The van der Waals surface area contributed by atoms with Gasteiger partial charge in [-0.3, -0.25) is 9.80 Å². The van der Waals surface area contributed by atoms with E-state index in [1.165, 1.54) is 19.1 Å². The normalized spacial score (nSPS) is 26.7. The first kappa shape index (κ1) is 16.0. The summed E-state index contributed by atoms with van der Waals surface area (Å²) in [6, 6.07) is 9.26. The van der Waals surface area contributed by atoms with Gasteiger partial charge in [-0.2, -0.15) is 0 Å². The molecule has 2 unspecified atom stereocenters. The molecule has 5 heteroatoms. The smallest absolute Gasteiger partial charge is 0.175 e. The van der Waals surface area contributed by atoms with Crippen LogP contribution < -0.4 is 0 Å². The predicted molar refractivity (Wildman–Crippen MR) is 88.6 cm³/mol. The lowest BCUT2D eigenvalue weighted by Crippen LogP contribution is -2.54. The van der Waals surface area contributed by atoms with E-state index in [0.717, 1.165) is 25.2 Å². The van der Waals surface area contributed by atoms with Crippen LogP contribution in [-0.4, -0.2) is 55.7 Å². The summed E-state index contributed by atoms with van der Waals surface area (Å²) < 4.78 is 23.4. The number of likely N-dealkylation sites (tertiary alicyclic amines) is 1. The van der Waals surface area contributed by atoms with Gasteiger partial charge in [-0.25, -0.2) is 8.42 Å². The molecule has 2 fully saturated rings. The summed E-state index contributed by atoms with van der Waals surface area (Å²) in [5.74, 6) is 0. The largest absolute Gasteiger partial charge is 0.298 e. The van der Waals surface area contributed by atoms with Crippen LogP contribution in [0.1, 0.15) is 32.3 Å². The van der Waals surface area contributed by atoms with Crippen molar-refractivity contribution in [3.8, 4) is 0 Å². The Balaban J connectivity index is 1.75. The molecule has 2 aliphatic rings. The highest BCUT2D eigenvalue weighted by Gasteiger charge is 2.40. The molecule has 0 amide bonds. The molecule has 0 aromatic heterocycles. The molecule has 0 aliphatic carbocycles. The van der Waals surface area contributed by atoms with Crippen molar-refractivity contribution < 1.29 is 8.42 Å². The Morgan fingerprint density at radius 1 is 1.18 bits per heavy atom. The van der Waals surface area contributed by atoms with Gasteiger partial charge in [0.15, 0.2) is 9.84 Å². The maximum atomic E-state index is 11.7. The highest BCUT2D eigenvalue weighted by molar-refractivity contribution is 7.90. The van der Waals surface area contributed by atoms with Gasteiger partial charge in [-0.05, 0) is 44.4 Å². The van der Waals surface area contributed by atoms with Gasteiger partial charge in [0.1, 0.15) is 0 Å². The van der Waals surface area contributed by atoms with Gasteiger partial charge in [0, 0.05) is 44.0 Å². The summed E-state index contributed by atoms with van der Waals surface area (Å²) in [5, 5.41) is 0. The van der Waals surface area contributed by atoms with Crippen molar-refractivity contribution in [2.24, 2.45) is 0 Å². The lowest BCUT2D eigenvalue weighted by molar-refractivity contribution is 0.0441. The van der Waals surface area contributed by atoms with Crippen molar-refractivity contribution in [3.05, 3.63) is 29.8 Å². The summed E-state index contributed by atoms with van der Waals surface area (Å²) in [6.45, 7) is 7.68. The van der Waals surface area contributed by atoms with Crippen LogP contribution in [0, 0.1) is 0 Å². The second-order valence-electron chi connectivity index (χ2n) is 7.02. The third kappa shape index (κ3) is 3.21. The number of rotatable bonds is 4. The zero-order valence-electron chi connectivity index (χ0n) is 13.7. The number of piperazine rings is 1. The third-order valence-electron chi connectivity index (χ3n) is 5.08. The van der Waals surface area contributed by atoms with E-state index in [-0.39, 0.29) is 0 Å². The molecule has 2 saturated heterocycles. The number of nitrogens with zero attached hydrogens (tertiary/aromatic N) is 2. The maximum Gasteiger partial charge on any atom is 0.175 e. The summed E-state index contributed by atoms with van der Waals surface area (Å²) in [7, 11) is -3.12. The van der Waals surface area contributed by atoms with E-state index in [4.69, 9.17) is 0 Å². The van der Waals surface area contributed by atoms with Gasteiger partial charge >= 0.3 is 0 Å². The molecule has 1 aromatic carbocycles. The average molecular weight is 322 g/mol. The number of benzene rings is 1. The van der Waals surface area contributed by atoms with Crippen LogP contribution >= 0.6 is 0 Å². The fraction of sp³-hybridized carbons (Fsp3) is 0.647. The Morgan fingerprint density at radius 3 is 2.36 bits per heavy atom. The summed E-state index contributed by atoms with van der Waals surface area (Å²) in [5.41, 5.74) is 1.11. The molecule has 122 valence electrons. The second kappa shape index (κ2) is 5.95. The Bertz CT molecular complexity index is 628. The molecule has 4 nitrogen and oxygen atoms in total. The van der Waals surface area contributed by atoms with Crippen molar-refractivity contribution in [1.82, 2.24) is 9.80 Å². The number of hydrogen-bond donors (Lipinski definition) is 0. The van der Waals surface area contributed by atoms with E-state index in [9.17, 15) is 8.42 Å². The first-order valence-electron chi connectivity index (χ1n) is 8.13. The molecular formula is C17H26N2O2S. The van der Waals surface area contributed by atoms with Crippen LogP contribution in [0.25, 0.3) is 0 Å². The molecule has 0 N–H and O–H groups in total. The molecule has 2 bridgehead atoms. The molecule has 0 spiro atoms. The van der Waals surface area contributed by atoms with Gasteiger partial charge in [-0.15, -0.1) is 0 Å². The molecule has 22 heavy (non-hydrogen) atoms. The van der Waals surface area contributed by atoms with Crippen LogP contribution in [0.15, 0.2) is 29.2 Å². The van der Waals surface area contributed by atoms with Gasteiger partial charge in [0.2, 0.25) is 0 Å². The monoisotopic (exact) mass is 322 g/mol. The number of hydrogen-bond acceptors (Lipinski definition) is 4. The molecule has 2 atom stereocenters. The van der Waals surface area contributed by atoms with E-state index >= 15 is 0 Å². The fourth-order valence-corrected chi connectivity index (χ4v) is 4.48. The topological polar surface area (TPSA) is 40.6 Å². The van der Waals surface area contributed by atoms with Gasteiger partial charge in [0.25, 0.3) is 0 Å². The lowest BCUT2D eigenvalue weighted by Gasteiger charge is -2.42. The summed E-state index contributed by atoms with van der Waals surface area (Å²) in [6.07, 6.45) is 3.80. The lowest BCUT2D eigenvalue weighted by atomic mass is 10.1. The molecule has 1 aromatic rings. The van der Waals surface area contributed by atoms with Crippen LogP contribution in [-0.2, 0) is 16.4 Å². The van der Waals surface area contributed by atoms with E-state index in [0.29, 0.717) is 23.0 Å². The molecule has 3 rings (SSSR count). The Kier molecular flexibility index (Phi) is 4.32. The van der Waals surface area contributed by atoms with Crippen LogP contribution in [0.5, 0.6) is 0 Å². The molecular weight excluding hydrogens is 296 g/mol. The van der Waals surface area contributed by atoms with Gasteiger partial charge in [-0.1, -0.05) is 12.1 Å². The Morgan fingerprint density at radius 2 is 1.82 bits per heavy atom. The standard InChI is InChI=1S/C17H26N2O2S/c1-13(2)18-11-15-7-8-16(12-18)19(15)10-14-5-4-6-17(9-14)22(3,20)21/h4-6,9,13,15-16H,7-8,10-12H2,1-3H3. The van der Waals surface area contributed by atoms with Gasteiger partial charge < -0.3 is 0 Å². The van der Waals surface area contributed by atoms with Crippen molar-refractivity contribution in [2.45, 2.75) is 56.3 Å². The second-order valence-corrected chi connectivity index (χ2v) is 9.04. The molecule has 2 aliphatic heterocycles. The van der Waals surface area contributed by atoms with E-state index in [1.807, 2.05) is 18.2 Å².